The van der Waals surface area contributed by atoms with Crippen LogP contribution in [-0.4, -0.2) is 28.9 Å². The number of amides is 1. The van der Waals surface area contributed by atoms with E-state index in [0.29, 0.717) is 5.69 Å². The molecule has 0 spiro atoms. The normalized spacial score (nSPS) is 16.1. The van der Waals surface area contributed by atoms with E-state index in [1.807, 2.05) is 23.1 Å². The summed E-state index contributed by atoms with van der Waals surface area (Å²) in [6.07, 6.45) is 5.25. The monoisotopic (exact) mass is 243 g/mol. The Kier molecular flexibility index (Phi) is 2.70. The summed E-state index contributed by atoms with van der Waals surface area (Å²) in [4.78, 5) is 17.5. The van der Waals surface area contributed by atoms with E-state index in [1.54, 1.807) is 6.20 Å². The fourth-order valence-electron chi connectivity index (χ4n) is 2.59. The number of likely N-dealkylation sites (tertiary alicyclic amines) is 1. The number of H-pyrrole nitrogens is 1. The molecule has 1 fully saturated rings. The molecule has 0 aliphatic carbocycles. The number of benzene rings is 1. The third-order valence-electron chi connectivity index (χ3n) is 3.58. The van der Waals surface area contributed by atoms with Gasteiger partial charge in [-0.25, -0.2) is 0 Å². The molecule has 18 heavy (non-hydrogen) atoms. The van der Waals surface area contributed by atoms with Crippen molar-refractivity contribution in [3.63, 3.8) is 0 Å². The highest BCUT2D eigenvalue weighted by molar-refractivity contribution is 6.07. The van der Waals surface area contributed by atoms with Gasteiger partial charge in [0.15, 0.2) is 0 Å². The highest BCUT2D eigenvalue weighted by Gasteiger charge is 2.20. The number of nitrogen functional groups attached to an aromatic ring is 1. The Hall–Kier alpha value is -1.97. The fraction of sp³-hybridized carbons (Fsp3) is 0.357. The smallest absolute Gasteiger partial charge is 0.256 e. The van der Waals surface area contributed by atoms with Crippen molar-refractivity contribution < 1.29 is 4.79 Å². The van der Waals surface area contributed by atoms with E-state index in [0.717, 1.165) is 42.4 Å². The van der Waals surface area contributed by atoms with Crippen molar-refractivity contribution in [2.45, 2.75) is 19.3 Å². The molecule has 2 aromatic rings. The molecule has 1 aromatic heterocycles. The Morgan fingerprint density at radius 1 is 1.22 bits per heavy atom. The average Bonchev–Trinajstić information content (AvgIpc) is 2.81. The molecule has 1 aliphatic rings. The van der Waals surface area contributed by atoms with Gasteiger partial charge in [-0.1, -0.05) is 0 Å². The van der Waals surface area contributed by atoms with E-state index in [-0.39, 0.29) is 5.91 Å². The van der Waals surface area contributed by atoms with Gasteiger partial charge in [0.2, 0.25) is 0 Å². The maximum absolute atomic E-state index is 12.4. The second-order valence-corrected chi connectivity index (χ2v) is 4.86. The van der Waals surface area contributed by atoms with Crippen LogP contribution in [0.3, 0.4) is 0 Å². The van der Waals surface area contributed by atoms with Crippen molar-refractivity contribution in [2.24, 2.45) is 0 Å². The lowest BCUT2D eigenvalue weighted by atomic mass is 10.1. The standard InChI is InChI=1S/C14H17N3O/c15-10-4-5-11-12(9-16-13(11)8-10)14(18)17-6-2-1-3-7-17/h4-5,8-9,16H,1-3,6-7,15H2. The van der Waals surface area contributed by atoms with E-state index in [4.69, 9.17) is 5.73 Å². The Balaban J connectivity index is 1.96. The molecule has 3 rings (SSSR count). The Bertz CT molecular complexity index is 582. The van der Waals surface area contributed by atoms with Gasteiger partial charge in [-0.2, -0.15) is 0 Å². The topological polar surface area (TPSA) is 62.1 Å². The van der Waals surface area contributed by atoms with Crippen LogP contribution in [0.5, 0.6) is 0 Å². The average molecular weight is 243 g/mol. The van der Waals surface area contributed by atoms with Crippen molar-refractivity contribution in [1.82, 2.24) is 9.88 Å². The van der Waals surface area contributed by atoms with Gasteiger partial charge in [-0.3, -0.25) is 4.79 Å². The van der Waals surface area contributed by atoms with E-state index in [1.165, 1.54) is 6.42 Å². The zero-order chi connectivity index (χ0) is 12.5. The minimum absolute atomic E-state index is 0.130. The molecule has 3 N–H and O–H groups in total. The molecule has 1 saturated heterocycles. The van der Waals surface area contributed by atoms with Gasteiger partial charge in [0.05, 0.1) is 5.56 Å². The molecule has 0 radical (unpaired) electrons. The number of rotatable bonds is 1. The summed E-state index contributed by atoms with van der Waals surface area (Å²) in [7, 11) is 0. The van der Waals surface area contributed by atoms with E-state index < -0.39 is 0 Å². The summed E-state index contributed by atoms with van der Waals surface area (Å²) in [5.74, 6) is 0.130. The number of aromatic amines is 1. The number of carbonyl (C=O) groups is 1. The summed E-state index contributed by atoms with van der Waals surface area (Å²) in [6.45, 7) is 1.75. The summed E-state index contributed by atoms with van der Waals surface area (Å²) < 4.78 is 0. The van der Waals surface area contributed by atoms with E-state index in [9.17, 15) is 4.79 Å². The lowest BCUT2D eigenvalue weighted by molar-refractivity contribution is 0.0726. The minimum atomic E-state index is 0.130. The van der Waals surface area contributed by atoms with Gasteiger partial charge < -0.3 is 15.6 Å². The number of carbonyl (C=O) groups excluding carboxylic acids is 1. The number of aromatic nitrogens is 1. The molecule has 1 aromatic carbocycles. The van der Waals surface area contributed by atoms with Crippen molar-refractivity contribution in [1.29, 1.82) is 0 Å². The van der Waals surface area contributed by atoms with Crippen LogP contribution in [0, 0.1) is 0 Å². The van der Waals surface area contributed by atoms with Crippen LogP contribution >= 0.6 is 0 Å². The van der Waals surface area contributed by atoms with Crippen LogP contribution in [0.15, 0.2) is 24.4 Å². The first kappa shape index (κ1) is 11.1. The fourth-order valence-corrected chi connectivity index (χ4v) is 2.59. The molecule has 1 aliphatic heterocycles. The van der Waals surface area contributed by atoms with E-state index in [2.05, 4.69) is 4.98 Å². The number of piperidine rings is 1. The molecule has 0 atom stereocenters. The number of hydrogen-bond acceptors (Lipinski definition) is 2. The Labute approximate surface area is 106 Å². The van der Waals surface area contributed by atoms with Crippen LogP contribution in [-0.2, 0) is 0 Å². The number of nitrogens with two attached hydrogens (primary N) is 1. The van der Waals surface area contributed by atoms with Crippen molar-refractivity contribution in [2.75, 3.05) is 18.8 Å². The first-order valence-corrected chi connectivity index (χ1v) is 6.41. The highest BCUT2D eigenvalue weighted by atomic mass is 16.2. The lowest BCUT2D eigenvalue weighted by Crippen LogP contribution is -2.35. The van der Waals surface area contributed by atoms with Gasteiger partial charge in [-0.05, 0) is 37.5 Å². The summed E-state index contributed by atoms with van der Waals surface area (Å²) in [6, 6.07) is 5.61. The predicted molar refractivity (Wildman–Crippen MR) is 72.5 cm³/mol. The molecule has 0 unspecified atom stereocenters. The molecular formula is C14H17N3O. The maximum atomic E-state index is 12.4. The van der Waals surface area contributed by atoms with Crippen LogP contribution in [0.25, 0.3) is 10.9 Å². The minimum Gasteiger partial charge on any atom is -0.399 e. The maximum Gasteiger partial charge on any atom is 0.256 e. The molecule has 4 heteroatoms. The van der Waals surface area contributed by atoms with Crippen molar-refractivity contribution in [3.05, 3.63) is 30.0 Å². The Morgan fingerprint density at radius 2 is 2.00 bits per heavy atom. The third-order valence-corrected chi connectivity index (χ3v) is 3.58. The molecule has 2 heterocycles. The van der Waals surface area contributed by atoms with E-state index >= 15 is 0 Å². The summed E-state index contributed by atoms with van der Waals surface area (Å²) >= 11 is 0. The molecule has 0 bridgehead atoms. The van der Waals surface area contributed by atoms with Gasteiger partial charge in [0.1, 0.15) is 0 Å². The van der Waals surface area contributed by atoms with Crippen LogP contribution in [0.2, 0.25) is 0 Å². The number of anilines is 1. The largest absolute Gasteiger partial charge is 0.399 e. The lowest BCUT2D eigenvalue weighted by Gasteiger charge is -2.26. The van der Waals surface area contributed by atoms with Gasteiger partial charge in [0.25, 0.3) is 5.91 Å². The molecule has 94 valence electrons. The molecule has 4 nitrogen and oxygen atoms in total. The van der Waals surface area contributed by atoms with Gasteiger partial charge in [-0.15, -0.1) is 0 Å². The summed E-state index contributed by atoms with van der Waals surface area (Å²) in [5, 5.41) is 0.958. The highest BCUT2D eigenvalue weighted by Crippen LogP contribution is 2.23. The number of hydrogen-bond donors (Lipinski definition) is 2. The second kappa shape index (κ2) is 4.37. The number of nitrogens with one attached hydrogen (secondary N) is 1. The first-order valence-electron chi connectivity index (χ1n) is 6.41. The molecule has 1 amide bonds. The van der Waals surface area contributed by atoms with Crippen molar-refractivity contribution >= 4 is 22.5 Å². The number of nitrogens with zero attached hydrogens (tertiary/aromatic N) is 1. The van der Waals surface area contributed by atoms with Crippen LogP contribution in [0.4, 0.5) is 5.69 Å². The quantitative estimate of drug-likeness (QED) is 0.755. The zero-order valence-corrected chi connectivity index (χ0v) is 10.3. The summed E-state index contributed by atoms with van der Waals surface area (Å²) in [5.41, 5.74) is 8.13. The predicted octanol–water partition coefficient (Wildman–Crippen LogP) is 2.38. The SMILES string of the molecule is Nc1ccc2c(C(=O)N3CCCCC3)c[nH]c2c1. The molecule has 0 saturated carbocycles. The second-order valence-electron chi connectivity index (χ2n) is 4.86. The Morgan fingerprint density at radius 3 is 2.78 bits per heavy atom. The number of fused-ring (bicyclic) bond motifs is 1. The van der Waals surface area contributed by atoms with Crippen LogP contribution < -0.4 is 5.73 Å². The van der Waals surface area contributed by atoms with Gasteiger partial charge >= 0.3 is 0 Å². The molecular weight excluding hydrogens is 226 g/mol. The zero-order valence-electron chi connectivity index (χ0n) is 10.3. The van der Waals surface area contributed by atoms with Crippen molar-refractivity contribution in [3.8, 4) is 0 Å². The van der Waals surface area contributed by atoms with Crippen LogP contribution in [0.1, 0.15) is 29.6 Å². The third kappa shape index (κ3) is 1.83. The van der Waals surface area contributed by atoms with Gasteiger partial charge in [0, 0.05) is 35.9 Å². The first-order chi connectivity index (χ1) is 8.75.